The molecular weight excluding hydrogens is 424 g/mol. The van der Waals surface area contributed by atoms with Crippen LogP contribution in [0.3, 0.4) is 0 Å². The number of aromatic nitrogens is 1. The largest absolute Gasteiger partial charge is 0.308 e. The molecule has 0 spiro atoms. The monoisotopic (exact) mass is 446 g/mol. The normalized spacial score (nSPS) is 14.9. The van der Waals surface area contributed by atoms with Crippen molar-refractivity contribution in [1.29, 1.82) is 0 Å². The second kappa shape index (κ2) is 6.28. The standard InChI is InChI=1S/C33H22N2/c1-3-8-24-19(6-1)14-21-11-12-22-16-25-26(32(22)31(21)24)17-23-15-20-7-2-4-9-29(20)35-30-10-5-13-34-28(30)18-27(25)33(23)35/h1-13,17H,14-16,18H2. The Morgan fingerprint density at radius 3 is 2.23 bits per heavy atom. The number of nitrogens with zero attached hydrogens (tertiary/aromatic N) is 2. The minimum Gasteiger partial charge on any atom is -0.308 e. The van der Waals surface area contributed by atoms with Gasteiger partial charge in [-0.05, 0) is 98.3 Å². The molecule has 2 aliphatic heterocycles. The van der Waals surface area contributed by atoms with Crippen LogP contribution in [0.4, 0.5) is 17.1 Å². The fraction of sp³-hybridized carbons (Fsp3) is 0.121. The third kappa shape index (κ3) is 2.23. The number of para-hydroxylation sites is 1. The van der Waals surface area contributed by atoms with E-state index in [1.165, 1.54) is 84.0 Å². The van der Waals surface area contributed by atoms with E-state index in [2.05, 4.69) is 83.8 Å². The van der Waals surface area contributed by atoms with Gasteiger partial charge in [0.05, 0.1) is 17.1 Å². The molecule has 0 fully saturated rings. The first kappa shape index (κ1) is 18.2. The molecule has 164 valence electrons. The molecule has 0 radical (unpaired) electrons. The van der Waals surface area contributed by atoms with Crippen molar-refractivity contribution in [1.82, 2.24) is 4.98 Å². The van der Waals surface area contributed by atoms with Gasteiger partial charge in [-0.25, -0.2) is 0 Å². The van der Waals surface area contributed by atoms with Gasteiger partial charge in [0.15, 0.2) is 0 Å². The lowest BCUT2D eigenvalue weighted by atomic mass is 9.83. The van der Waals surface area contributed by atoms with Gasteiger partial charge in [-0.2, -0.15) is 0 Å². The lowest BCUT2D eigenvalue weighted by molar-refractivity contribution is 0.956. The van der Waals surface area contributed by atoms with Crippen molar-refractivity contribution in [3.05, 3.63) is 130 Å². The molecule has 0 bridgehead atoms. The van der Waals surface area contributed by atoms with Crippen LogP contribution < -0.4 is 4.90 Å². The Kier molecular flexibility index (Phi) is 3.27. The average molecular weight is 447 g/mol. The van der Waals surface area contributed by atoms with Crippen molar-refractivity contribution in [2.75, 3.05) is 4.90 Å². The van der Waals surface area contributed by atoms with Crippen molar-refractivity contribution in [2.45, 2.75) is 25.7 Å². The molecule has 2 aliphatic carbocycles. The predicted octanol–water partition coefficient (Wildman–Crippen LogP) is 7.50. The van der Waals surface area contributed by atoms with E-state index in [1.807, 2.05) is 6.20 Å². The lowest BCUT2D eigenvalue weighted by Crippen LogP contribution is -2.26. The number of anilines is 3. The molecule has 3 heterocycles. The van der Waals surface area contributed by atoms with Gasteiger partial charge in [0.1, 0.15) is 0 Å². The molecule has 0 N–H and O–H groups in total. The van der Waals surface area contributed by atoms with Crippen molar-refractivity contribution < 1.29 is 0 Å². The van der Waals surface area contributed by atoms with E-state index in [1.54, 1.807) is 0 Å². The quantitative estimate of drug-likeness (QED) is 0.240. The summed E-state index contributed by atoms with van der Waals surface area (Å²) in [6.45, 7) is 0. The van der Waals surface area contributed by atoms with E-state index in [9.17, 15) is 0 Å². The first-order valence-corrected chi connectivity index (χ1v) is 12.6. The smallest absolute Gasteiger partial charge is 0.0688 e. The maximum absolute atomic E-state index is 4.86. The summed E-state index contributed by atoms with van der Waals surface area (Å²) in [6.07, 6.45) is 5.90. The molecule has 2 heteroatoms. The van der Waals surface area contributed by atoms with Gasteiger partial charge in [0, 0.05) is 24.7 Å². The Balaban J connectivity index is 1.35. The summed E-state index contributed by atoms with van der Waals surface area (Å²) in [6, 6.07) is 29.5. The molecule has 0 saturated heterocycles. The van der Waals surface area contributed by atoms with Crippen molar-refractivity contribution in [2.24, 2.45) is 0 Å². The number of fused-ring (bicyclic) bond motifs is 12. The maximum Gasteiger partial charge on any atom is 0.0688 e. The van der Waals surface area contributed by atoms with Crippen LogP contribution in [0, 0.1) is 0 Å². The number of hydrogen-bond acceptors (Lipinski definition) is 2. The Morgan fingerprint density at radius 1 is 0.543 bits per heavy atom. The molecule has 0 atom stereocenters. The second-order valence-electron chi connectivity index (χ2n) is 10.3. The third-order valence-electron chi connectivity index (χ3n) is 8.57. The summed E-state index contributed by atoms with van der Waals surface area (Å²) >= 11 is 0. The molecule has 35 heavy (non-hydrogen) atoms. The van der Waals surface area contributed by atoms with Gasteiger partial charge >= 0.3 is 0 Å². The molecule has 0 unspecified atom stereocenters. The highest BCUT2D eigenvalue weighted by atomic mass is 15.2. The van der Waals surface area contributed by atoms with Crippen LogP contribution in [0.5, 0.6) is 0 Å². The van der Waals surface area contributed by atoms with Crippen LogP contribution in [0.15, 0.2) is 85.1 Å². The summed E-state index contributed by atoms with van der Waals surface area (Å²) in [5.41, 5.74) is 21.2. The minimum atomic E-state index is 0.910. The van der Waals surface area contributed by atoms with E-state index in [0.717, 1.165) is 25.7 Å². The summed E-state index contributed by atoms with van der Waals surface area (Å²) in [5, 5.41) is 0. The molecule has 0 saturated carbocycles. The fourth-order valence-electron chi connectivity index (χ4n) is 7.16. The molecule has 9 rings (SSSR count). The zero-order chi connectivity index (χ0) is 22.7. The first-order chi connectivity index (χ1) is 17.3. The maximum atomic E-state index is 4.86. The highest BCUT2D eigenvalue weighted by Gasteiger charge is 2.37. The molecule has 4 aromatic carbocycles. The van der Waals surface area contributed by atoms with E-state index in [-0.39, 0.29) is 0 Å². The van der Waals surface area contributed by atoms with E-state index in [0.29, 0.717) is 0 Å². The molecule has 0 amide bonds. The summed E-state index contributed by atoms with van der Waals surface area (Å²) < 4.78 is 0. The molecule has 5 aromatic rings. The highest BCUT2D eigenvalue weighted by molar-refractivity contribution is 5.99. The lowest BCUT2D eigenvalue weighted by Gasteiger charge is -2.40. The van der Waals surface area contributed by atoms with Crippen LogP contribution in [0.25, 0.3) is 22.3 Å². The summed E-state index contributed by atoms with van der Waals surface area (Å²) in [4.78, 5) is 7.36. The molecule has 1 aromatic heterocycles. The summed E-state index contributed by atoms with van der Waals surface area (Å²) in [5.74, 6) is 0. The van der Waals surface area contributed by atoms with Gasteiger partial charge in [-0.3, -0.25) is 4.98 Å². The van der Waals surface area contributed by atoms with Crippen molar-refractivity contribution in [3.8, 4) is 22.3 Å². The van der Waals surface area contributed by atoms with Gasteiger partial charge in [0.25, 0.3) is 0 Å². The average Bonchev–Trinajstić information content (AvgIpc) is 3.46. The Bertz CT molecular complexity index is 1750. The Labute approximate surface area is 204 Å². The SMILES string of the molecule is c1ccc2c(c1)Cc1ccc3c(c1-2)-c1cc2c4c(c1C3)Cc1ncccc1N4c1ccccc1C2. The van der Waals surface area contributed by atoms with Gasteiger partial charge < -0.3 is 4.90 Å². The Hall–Kier alpha value is -4.17. The van der Waals surface area contributed by atoms with Crippen molar-refractivity contribution in [3.63, 3.8) is 0 Å². The third-order valence-corrected chi connectivity index (χ3v) is 8.57. The topological polar surface area (TPSA) is 16.1 Å². The number of benzene rings is 4. The number of pyridine rings is 1. The molecule has 2 nitrogen and oxygen atoms in total. The molecular formula is C33H22N2. The highest BCUT2D eigenvalue weighted by Crippen LogP contribution is 2.56. The minimum absolute atomic E-state index is 0.910. The number of hydrogen-bond donors (Lipinski definition) is 0. The van der Waals surface area contributed by atoms with Gasteiger partial charge in [-0.15, -0.1) is 0 Å². The van der Waals surface area contributed by atoms with Gasteiger partial charge in [0.2, 0.25) is 0 Å². The van der Waals surface area contributed by atoms with Crippen LogP contribution in [-0.4, -0.2) is 4.98 Å². The van der Waals surface area contributed by atoms with E-state index in [4.69, 9.17) is 4.98 Å². The molecule has 4 aliphatic rings. The zero-order valence-electron chi connectivity index (χ0n) is 19.3. The van der Waals surface area contributed by atoms with Gasteiger partial charge in [-0.1, -0.05) is 54.6 Å². The first-order valence-electron chi connectivity index (χ1n) is 12.6. The zero-order valence-corrected chi connectivity index (χ0v) is 19.3. The van der Waals surface area contributed by atoms with E-state index >= 15 is 0 Å². The number of rotatable bonds is 0. The van der Waals surface area contributed by atoms with E-state index < -0.39 is 0 Å². The van der Waals surface area contributed by atoms with Crippen LogP contribution in [-0.2, 0) is 25.7 Å². The fourth-order valence-corrected chi connectivity index (χ4v) is 7.16. The van der Waals surface area contributed by atoms with Crippen LogP contribution >= 0.6 is 0 Å². The predicted molar refractivity (Wildman–Crippen MR) is 141 cm³/mol. The van der Waals surface area contributed by atoms with Crippen molar-refractivity contribution >= 4 is 17.1 Å². The summed E-state index contributed by atoms with van der Waals surface area (Å²) in [7, 11) is 0. The van der Waals surface area contributed by atoms with Crippen LogP contribution in [0.2, 0.25) is 0 Å². The Morgan fingerprint density at radius 2 is 1.29 bits per heavy atom. The van der Waals surface area contributed by atoms with Crippen LogP contribution in [0.1, 0.15) is 44.6 Å². The second-order valence-corrected chi connectivity index (χ2v) is 10.3.